The molecule has 0 amide bonds. The third-order valence-electron chi connectivity index (χ3n) is 3.44. The predicted octanol–water partition coefficient (Wildman–Crippen LogP) is 2.07. The van der Waals surface area contributed by atoms with Crippen molar-refractivity contribution in [3.8, 4) is 5.75 Å². The third-order valence-corrected chi connectivity index (χ3v) is 4.86. The van der Waals surface area contributed by atoms with Crippen molar-refractivity contribution in [2.75, 3.05) is 26.1 Å². The van der Waals surface area contributed by atoms with Gasteiger partial charge in [0.1, 0.15) is 10.6 Å². The van der Waals surface area contributed by atoms with E-state index in [9.17, 15) is 18.0 Å². The highest BCUT2D eigenvalue weighted by atomic mass is 32.2. The molecule has 0 fully saturated rings. The third kappa shape index (κ3) is 4.12. The molecule has 0 aromatic heterocycles. The van der Waals surface area contributed by atoms with Crippen LogP contribution in [0.2, 0.25) is 0 Å². The van der Waals surface area contributed by atoms with Crippen LogP contribution in [0.4, 0.5) is 5.69 Å². The summed E-state index contributed by atoms with van der Waals surface area (Å²) < 4.78 is 42.1. The smallest absolute Gasteiger partial charge is 0.339 e. The van der Waals surface area contributed by atoms with Crippen molar-refractivity contribution >= 4 is 27.6 Å². The molecule has 2 aromatic carbocycles. The molecule has 0 heterocycles. The van der Waals surface area contributed by atoms with Crippen LogP contribution in [0.5, 0.6) is 5.75 Å². The maximum Gasteiger partial charge on any atom is 0.339 e. The molecule has 0 aliphatic carbocycles. The van der Waals surface area contributed by atoms with Gasteiger partial charge in [-0.3, -0.25) is 4.72 Å². The molecule has 2 rings (SSSR count). The normalized spacial score (nSPS) is 10.7. The van der Waals surface area contributed by atoms with E-state index in [0.717, 1.165) is 13.2 Å². The van der Waals surface area contributed by atoms with E-state index in [1.807, 2.05) is 0 Å². The summed E-state index contributed by atoms with van der Waals surface area (Å²) in [7, 11) is -0.400. The number of carbonyl (C=O) groups is 2. The summed E-state index contributed by atoms with van der Waals surface area (Å²) in [6.07, 6.45) is 0. The van der Waals surface area contributed by atoms with Gasteiger partial charge in [-0.15, -0.1) is 0 Å². The van der Waals surface area contributed by atoms with Crippen LogP contribution in [0.25, 0.3) is 0 Å². The molecule has 8 nitrogen and oxygen atoms in total. The Balaban J connectivity index is 2.50. The molecule has 1 N–H and O–H groups in total. The van der Waals surface area contributed by atoms with Gasteiger partial charge in [0.2, 0.25) is 0 Å². The van der Waals surface area contributed by atoms with Gasteiger partial charge in [0.25, 0.3) is 10.0 Å². The summed E-state index contributed by atoms with van der Waals surface area (Å²) in [5.74, 6) is -1.03. The number of ether oxygens (including phenoxy) is 3. The van der Waals surface area contributed by atoms with Crippen LogP contribution in [0.15, 0.2) is 47.4 Å². The Morgan fingerprint density at radius 3 is 2.04 bits per heavy atom. The highest BCUT2D eigenvalue weighted by Crippen LogP contribution is 2.24. The van der Waals surface area contributed by atoms with Gasteiger partial charge >= 0.3 is 11.9 Å². The number of benzene rings is 2. The fourth-order valence-electron chi connectivity index (χ4n) is 2.14. The number of esters is 2. The van der Waals surface area contributed by atoms with Gasteiger partial charge in [0.05, 0.1) is 32.5 Å². The molecule has 2 aromatic rings. The first kappa shape index (κ1) is 19.3. The lowest BCUT2D eigenvalue weighted by Crippen LogP contribution is -2.18. The zero-order valence-electron chi connectivity index (χ0n) is 14.3. The van der Waals surface area contributed by atoms with Crippen LogP contribution in [-0.4, -0.2) is 41.7 Å². The Labute approximate surface area is 150 Å². The van der Waals surface area contributed by atoms with Crippen molar-refractivity contribution in [1.29, 1.82) is 0 Å². The van der Waals surface area contributed by atoms with Crippen molar-refractivity contribution < 1.29 is 32.2 Å². The lowest BCUT2D eigenvalue weighted by molar-refractivity contribution is 0.0583. The van der Waals surface area contributed by atoms with Gasteiger partial charge < -0.3 is 14.2 Å². The molecule has 0 aliphatic heterocycles. The largest absolute Gasteiger partial charge is 0.497 e. The number of nitrogens with one attached hydrogen (secondary N) is 1. The number of rotatable bonds is 6. The minimum absolute atomic E-state index is 0.0183. The zero-order chi connectivity index (χ0) is 19.3. The standard InChI is InChI=1S/C17H17NO7S/c1-23-13-7-5-12(6-8-13)18-26(21,22)15-10-11(16(19)24-2)4-9-14(15)17(20)25-3/h4-10,18H,1-3H3. The lowest BCUT2D eigenvalue weighted by Gasteiger charge is -2.13. The quantitative estimate of drug-likeness (QED) is 0.766. The van der Waals surface area contributed by atoms with E-state index in [0.29, 0.717) is 5.75 Å². The van der Waals surface area contributed by atoms with Crippen LogP contribution in [-0.2, 0) is 19.5 Å². The summed E-state index contributed by atoms with van der Waals surface area (Å²) in [6.45, 7) is 0. The first-order valence-corrected chi connectivity index (χ1v) is 8.78. The van der Waals surface area contributed by atoms with E-state index in [-0.39, 0.29) is 16.8 Å². The van der Waals surface area contributed by atoms with E-state index >= 15 is 0 Å². The molecular formula is C17H17NO7S. The van der Waals surface area contributed by atoms with Gasteiger partial charge in [-0.05, 0) is 42.5 Å². The fraction of sp³-hybridized carbons (Fsp3) is 0.176. The summed E-state index contributed by atoms with van der Waals surface area (Å²) >= 11 is 0. The van der Waals surface area contributed by atoms with Crippen LogP contribution >= 0.6 is 0 Å². The molecular weight excluding hydrogens is 362 g/mol. The molecule has 0 spiro atoms. The number of anilines is 1. The van der Waals surface area contributed by atoms with Crippen molar-refractivity contribution in [3.63, 3.8) is 0 Å². The average Bonchev–Trinajstić information content (AvgIpc) is 2.66. The highest BCUT2D eigenvalue weighted by Gasteiger charge is 2.25. The Morgan fingerprint density at radius 1 is 0.885 bits per heavy atom. The monoisotopic (exact) mass is 379 g/mol. The molecule has 0 saturated heterocycles. The van der Waals surface area contributed by atoms with Crippen molar-refractivity contribution in [3.05, 3.63) is 53.6 Å². The van der Waals surface area contributed by atoms with Gasteiger partial charge in [-0.25, -0.2) is 18.0 Å². The summed E-state index contributed by atoms with van der Waals surface area (Å²) in [5.41, 5.74) is 0.0292. The molecule has 0 atom stereocenters. The maximum absolute atomic E-state index is 12.8. The topological polar surface area (TPSA) is 108 Å². The summed E-state index contributed by atoms with van der Waals surface area (Å²) in [4.78, 5) is 23.2. The number of sulfonamides is 1. The lowest BCUT2D eigenvalue weighted by atomic mass is 10.1. The van der Waals surface area contributed by atoms with Crippen LogP contribution in [0, 0.1) is 0 Å². The number of hydrogen-bond acceptors (Lipinski definition) is 7. The molecule has 138 valence electrons. The maximum atomic E-state index is 12.8. The highest BCUT2D eigenvalue weighted by molar-refractivity contribution is 7.92. The number of methoxy groups -OCH3 is 3. The molecule has 9 heteroatoms. The predicted molar refractivity (Wildman–Crippen MR) is 92.9 cm³/mol. The Bertz CT molecular complexity index is 921. The molecule has 0 unspecified atom stereocenters. The fourth-order valence-corrected chi connectivity index (χ4v) is 3.42. The second-order valence-corrected chi connectivity index (χ2v) is 6.68. The zero-order valence-corrected chi connectivity index (χ0v) is 15.1. The molecule has 26 heavy (non-hydrogen) atoms. The van der Waals surface area contributed by atoms with Crippen molar-refractivity contribution in [2.45, 2.75) is 4.90 Å². The van der Waals surface area contributed by atoms with Crippen molar-refractivity contribution in [2.24, 2.45) is 0 Å². The van der Waals surface area contributed by atoms with Crippen molar-refractivity contribution in [1.82, 2.24) is 0 Å². The number of hydrogen-bond donors (Lipinski definition) is 1. The minimum Gasteiger partial charge on any atom is -0.497 e. The Hall–Kier alpha value is -3.07. The minimum atomic E-state index is -4.18. The summed E-state index contributed by atoms with van der Waals surface area (Å²) in [5, 5.41) is 0. The summed E-state index contributed by atoms with van der Waals surface area (Å²) in [6, 6.07) is 9.68. The second kappa shape index (κ2) is 7.87. The average molecular weight is 379 g/mol. The van der Waals surface area contributed by atoms with Gasteiger partial charge in [-0.2, -0.15) is 0 Å². The SMILES string of the molecule is COC(=O)c1ccc(C(=O)OC)c(S(=O)(=O)Nc2ccc(OC)cc2)c1. The molecule has 0 bridgehead atoms. The second-order valence-electron chi connectivity index (χ2n) is 5.03. The van der Waals surface area contributed by atoms with Gasteiger partial charge in [0, 0.05) is 5.69 Å². The van der Waals surface area contributed by atoms with Crippen LogP contribution in [0.3, 0.4) is 0 Å². The Morgan fingerprint density at radius 2 is 1.50 bits per heavy atom. The van der Waals surface area contributed by atoms with E-state index < -0.39 is 26.9 Å². The Kier molecular flexibility index (Phi) is 5.83. The molecule has 0 radical (unpaired) electrons. The van der Waals surface area contributed by atoms with E-state index in [1.165, 1.54) is 38.5 Å². The molecule has 0 saturated carbocycles. The van der Waals surface area contributed by atoms with Crippen LogP contribution in [0.1, 0.15) is 20.7 Å². The van der Waals surface area contributed by atoms with E-state index in [1.54, 1.807) is 12.1 Å². The van der Waals surface area contributed by atoms with Gasteiger partial charge in [-0.1, -0.05) is 0 Å². The first-order chi connectivity index (χ1) is 12.3. The van der Waals surface area contributed by atoms with Crippen LogP contribution < -0.4 is 9.46 Å². The first-order valence-electron chi connectivity index (χ1n) is 7.30. The van der Waals surface area contributed by atoms with E-state index in [2.05, 4.69) is 14.2 Å². The number of carbonyl (C=O) groups excluding carboxylic acids is 2. The van der Waals surface area contributed by atoms with E-state index in [4.69, 9.17) is 4.74 Å². The van der Waals surface area contributed by atoms with Gasteiger partial charge in [0.15, 0.2) is 0 Å². The molecule has 0 aliphatic rings.